The fourth-order valence-corrected chi connectivity index (χ4v) is 2.26. The minimum atomic E-state index is -0.275. The lowest BCUT2D eigenvalue weighted by Crippen LogP contribution is -2.13. The maximum absolute atomic E-state index is 10.7. The number of primary amides is 1. The molecule has 2 aromatic rings. The van der Waals surface area contributed by atoms with E-state index in [0.717, 1.165) is 34.9 Å². The number of hydrogen-bond donors (Lipinski definition) is 2. The summed E-state index contributed by atoms with van der Waals surface area (Å²) in [6.07, 6.45) is 1.86. The van der Waals surface area contributed by atoms with E-state index in [1.807, 2.05) is 30.3 Å². The van der Waals surface area contributed by atoms with E-state index in [9.17, 15) is 4.79 Å². The van der Waals surface area contributed by atoms with Crippen molar-refractivity contribution in [2.45, 2.75) is 25.3 Å². The molecule has 4 heteroatoms. The molecule has 20 heavy (non-hydrogen) atoms. The van der Waals surface area contributed by atoms with Crippen molar-refractivity contribution in [3.63, 3.8) is 0 Å². The molecular weight excluding hydrogens is 252 g/mol. The van der Waals surface area contributed by atoms with Crippen LogP contribution in [0, 0.1) is 0 Å². The van der Waals surface area contributed by atoms with Crippen LogP contribution in [0.2, 0.25) is 0 Å². The van der Waals surface area contributed by atoms with Gasteiger partial charge in [-0.15, -0.1) is 0 Å². The molecule has 2 rings (SSSR count). The van der Waals surface area contributed by atoms with E-state index in [0.29, 0.717) is 6.42 Å². The fraction of sp³-hybridized carbons (Fsp3) is 0.312. The molecule has 0 radical (unpaired) electrons. The Bertz CT molecular complexity index is 610. The van der Waals surface area contributed by atoms with Gasteiger partial charge in [0.2, 0.25) is 5.91 Å². The van der Waals surface area contributed by atoms with Gasteiger partial charge in [0, 0.05) is 12.5 Å². The van der Waals surface area contributed by atoms with Crippen molar-refractivity contribution < 1.29 is 9.53 Å². The predicted molar refractivity (Wildman–Crippen MR) is 80.5 cm³/mol. The highest BCUT2D eigenvalue weighted by Crippen LogP contribution is 2.25. The Morgan fingerprint density at radius 1 is 1.20 bits per heavy atom. The normalized spacial score (nSPS) is 12.3. The average molecular weight is 272 g/mol. The Hall–Kier alpha value is -2.07. The van der Waals surface area contributed by atoms with Crippen LogP contribution in [0.15, 0.2) is 36.4 Å². The zero-order valence-electron chi connectivity index (χ0n) is 11.6. The molecule has 0 heterocycles. The van der Waals surface area contributed by atoms with Crippen LogP contribution in [0.3, 0.4) is 0 Å². The van der Waals surface area contributed by atoms with Crippen molar-refractivity contribution in [2.75, 3.05) is 7.11 Å². The molecule has 4 N–H and O–H groups in total. The van der Waals surface area contributed by atoms with Crippen molar-refractivity contribution in [3.8, 4) is 5.75 Å². The van der Waals surface area contributed by atoms with Gasteiger partial charge in [-0.05, 0) is 47.4 Å². The molecule has 0 aliphatic rings. The number of carbonyl (C=O) groups excluding carboxylic acids is 1. The van der Waals surface area contributed by atoms with E-state index in [-0.39, 0.29) is 11.9 Å². The molecule has 2 aromatic carbocycles. The van der Waals surface area contributed by atoms with Gasteiger partial charge in [-0.1, -0.05) is 18.2 Å². The van der Waals surface area contributed by atoms with E-state index < -0.39 is 0 Å². The summed E-state index contributed by atoms with van der Waals surface area (Å²) in [5, 5.41) is 2.26. The first kappa shape index (κ1) is 14.3. The highest BCUT2D eigenvalue weighted by atomic mass is 16.5. The van der Waals surface area contributed by atoms with Crippen molar-refractivity contribution in [1.82, 2.24) is 0 Å². The smallest absolute Gasteiger partial charge is 0.217 e. The van der Waals surface area contributed by atoms with Crippen LogP contribution in [0.5, 0.6) is 5.75 Å². The zero-order valence-corrected chi connectivity index (χ0v) is 11.6. The number of rotatable bonds is 6. The number of methoxy groups -OCH3 is 1. The SMILES string of the molecule is COc1ccc2cc(C(N)CCCC(N)=O)ccc2c1. The molecule has 0 aromatic heterocycles. The minimum absolute atomic E-state index is 0.0687. The van der Waals surface area contributed by atoms with Gasteiger partial charge in [-0.2, -0.15) is 0 Å². The fourth-order valence-electron chi connectivity index (χ4n) is 2.26. The Morgan fingerprint density at radius 3 is 2.60 bits per heavy atom. The van der Waals surface area contributed by atoms with Crippen molar-refractivity contribution in [3.05, 3.63) is 42.0 Å². The standard InChI is InChI=1S/C16H20N2O2/c1-20-14-8-7-11-9-13(6-5-12(11)10-14)15(17)3-2-4-16(18)19/h5-10,15H,2-4,17H2,1H3,(H2,18,19). The number of hydrogen-bond acceptors (Lipinski definition) is 3. The van der Waals surface area contributed by atoms with E-state index >= 15 is 0 Å². The van der Waals surface area contributed by atoms with Crippen molar-refractivity contribution in [2.24, 2.45) is 11.5 Å². The number of benzene rings is 2. The molecule has 4 nitrogen and oxygen atoms in total. The molecule has 1 unspecified atom stereocenters. The molecule has 1 atom stereocenters. The van der Waals surface area contributed by atoms with Crippen LogP contribution in [-0.4, -0.2) is 13.0 Å². The van der Waals surface area contributed by atoms with Crippen LogP contribution in [0.25, 0.3) is 10.8 Å². The minimum Gasteiger partial charge on any atom is -0.497 e. The number of nitrogens with two attached hydrogens (primary N) is 2. The third kappa shape index (κ3) is 3.48. The summed E-state index contributed by atoms with van der Waals surface area (Å²) >= 11 is 0. The number of carbonyl (C=O) groups is 1. The highest BCUT2D eigenvalue weighted by Gasteiger charge is 2.08. The first-order chi connectivity index (χ1) is 9.60. The molecule has 1 amide bonds. The monoisotopic (exact) mass is 272 g/mol. The molecular formula is C16H20N2O2. The summed E-state index contributed by atoms with van der Waals surface area (Å²) < 4.78 is 5.21. The van der Waals surface area contributed by atoms with E-state index in [2.05, 4.69) is 6.07 Å². The van der Waals surface area contributed by atoms with Gasteiger partial charge in [0.05, 0.1) is 7.11 Å². The van der Waals surface area contributed by atoms with Crippen molar-refractivity contribution >= 4 is 16.7 Å². The summed E-state index contributed by atoms with van der Waals surface area (Å²) in [6.45, 7) is 0. The maximum atomic E-state index is 10.7. The third-order valence-corrected chi connectivity index (χ3v) is 3.44. The molecule has 0 aliphatic carbocycles. The lowest BCUT2D eigenvalue weighted by molar-refractivity contribution is -0.118. The zero-order chi connectivity index (χ0) is 14.5. The molecule has 0 saturated carbocycles. The Kier molecular flexibility index (Phi) is 4.58. The van der Waals surface area contributed by atoms with E-state index in [1.165, 1.54) is 0 Å². The summed E-state index contributed by atoms with van der Waals surface area (Å²) in [4.78, 5) is 10.7. The Morgan fingerprint density at radius 2 is 1.90 bits per heavy atom. The molecule has 0 bridgehead atoms. The largest absolute Gasteiger partial charge is 0.497 e. The van der Waals surface area contributed by atoms with E-state index in [1.54, 1.807) is 7.11 Å². The topological polar surface area (TPSA) is 78.3 Å². The molecule has 0 saturated heterocycles. The summed E-state index contributed by atoms with van der Waals surface area (Å²) in [5.74, 6) is 0.568. The maximum Gasteiger partial charge on any atom is 0.217 e. The third-order valence-electron chi connectivity index (χ3n) is 3.44. The number of fused-ring (bicyclic) bond motifs is 1. The van der Waals surface area contributed by atoms with Gasteiger partial charge in [-0.3, -0.25) is 4.79 Å². The first-order valence-electron chi connectivity index (χ1n) is 6.72. The average Bonchev–Trinajstić information content (AvgIpc) is 2.45. The molecule has 106 valence electrons. The second-order valence-electron chi connectivity index (χ2n) is 4.94. The Balaban J connectivity index is 2.12. The van der Waals surface area contributed by atoms with Crippen LogP contribution >= 0.6 is 0 Å². The second kappa shape index (κ2) is 6.39. The Labute approximate surface area is 118 Å². The van der Waals surface area contributed by atoms with Crippen LogP contribution in [-0.2, 0) is 4.79 Å². The van der Waals surface area contributed by atoms with Gasteiger partial charge in [0.25, 0.3) is 0 Å². The van der Waals surface area contributed by atoms with Crippen LogP contribution < -0.4 is 16.2 Å². The summed E-state index contributed by atoms with van der Waals surface area (Å²) in [5.41, 5.74) is 12.4. The molecule has 0 spiro atoms. The van der Waals surface area contributed by atoms with Gasteiger partial charge >= 0.3 is 0 Å². The quantitative estimate of drug-likeness (QED) is 0.848. The lowest BCUT2D eigenvalue weighted by atomic mass is 9.98. The second-order valence-corrected chi connectivity index (χ2v) is 4.94. The molecule has 0 aliphatic heterocycles. The van der Waals surface area contributed by atoms with Crippen LogP contribution in [0.1, 0.15) is 30.9 Å². The first-order valence-corrected chi connectivity index (χ1v) is 6.72. The highest BCUT2D eigenvalue weighted by molar-refractivity contribution is 5.84. The van der Waals surface area contributed by atoms with E-state index in [4.69, 9.17) is 16.2 Å². The predicted octanol–water partition coefficient (Wildman–Crippen LogP) is 2.50. The van der Waals surface area contributed by atoms with Gasteiger partial charge in [0.15, 0.2) is 0 Å². The summed E-state index contributed by atoms with van der Waals surface area (Å²) in [7, 11) is 1.66. The molecule has 0 fully saturated rings. The van der Waals surface area contributed by atoms with Gasteiger partial charge in [0.1, 0.15) is 5.75 Å². The summed E-state index contributed by atoms with van der Waals surface area (Å²) in [6, 6.07) is 12.0. The van der Waals surface area contributed by atoms with Crippen molar-refractivity contribution in [1.29, 1.82) is 0 Å². The van der Waals surface area contributed by atoms with Crippen LogP contribution in [0.4, 0.5) is 0 Å². The lowest BCUT2D eigenvalue weighted by Gasteiger charge is -2.12. The van der Waals surface area contributed by atoms with Gasteiger partial charge < -0.3 is 16.2 Å². The number of ether oxygens (including phenoxy) is 1. The van der Waals surface area contributed by atoms with Gasteiger partial charge in [-0.25, -0.2) is 0 Å². The number of amides is 1.